The highest BCUT2D eigenvalue weighted by molar-refractivity contribution is 7.89. The van der Waals surface area contributed by atoms with E-state index in [0.717, 1.165) is 18.2 Å². The molecule has 0 spiro atoms. The maximum Gasteiger partial charge on any atom is 0.416 e. The number of hydrogen-bond acceptors (Lipinski definition) is 6. The number of nitro benzene ring substituents is 1. The minimum Gasteiger partial charge on any atom is -0.378 e. The zero-order valence-electron chi connectivity index (χ0n) is 16.4. The number of nitro groups is 1. The van der Waals surface area contributed by atoms with E-state index >= 15 is 0 Å². The molecule has 0 aromatic heterocycles. The number of sulfonamides is 1. The molecule has 0 saturated carbocycles. The summed E-state index contributed by atoms with van der Waals surface area (Å²) in [6.07, 6.45) is -4.75. The van der Waals surface area contributed by atoms with Gasteiger partial charge in [-0.2, -0.15) is 17.9 Å². The Balaban J connectivity index is 1.93. The standard InChI is InChI=1S/C18H18F4N4O5S/c1-11(25-32(30,31)16-5-3-2-4-13(16)19)17(27)24-9-8-23-14-7-6-12(18(20,21)22)10-15(14)26(28)29/h2-7,10-11,23,25H,8-9H2,1H3,(H,24,27)/t11-/m0/s1. The highest BCUT2D eigenvalue weighted by atomic mass is 32.2. The minimum absolute atomic E-state index is 0.106. The van der Waals surface area contributed by atoms with E-state index in [1.807, 2.05) is 4.72 Å². The average molecular weight is 478 g/mol. The zero-order valence-corrected chi connectivity index (χ0v) is 17.3. The first-order chi connectivity index (χ1) is 14.8. The summed E-state index contributed by atoms with van der Waals surface area (Å²) in [5.74, 6) is -1.76. The SMILES string of the molecule is C[C@H](NS(=O)(=O)c1ccccc1F)C(=O)NCCNc1ccc(C(F)(F)F)cc1[N+](=O)[O-]. The van der Waals surface area contributed by atoms with Crippen molar-refractivity contribution >= 4 is 27.3 Å². The van der Waals surface area contributed by atoms with Gasteiger partial charge in [-0.1, -0.05) is 12.1 Å². The lowest BCUT2D eigenvalue weighted by atomic mass is 10.1. The van der Waals surface area contributed by atoms with Gasteiger partial charge in [0.05, 0.1) is 16.5 Å². The molecule has 0 heterocycles. The van der Waals surface area contributed by atoms with Crippen molar-refractivity contribution in [1.82, 2.24) is 10.0 Å². The average Bonchev–Trinajstić information content (AvgIpc) is 2.70. The van der Waals surface area contributed by atoms with E-state index in [2.05, 4.69) is 10.6 Å². The van der Waals surface area contributed by atoms with E-state index in [0.29, 0.717) is 12.1 Å². The van der Waals surface area contributed by atoms with Gasteiger partial charge in [0, 0.05) is 19.2 Å². The van der Waals surface area contributed by atoms with Crippen LogP contribution in [0.1, 0.15) is 12.5 Å². The van der Waals surface area contributed by atoms with Crippen molar-refractivity contribution in [3.8, 4) is 0 Å². The highest BCUT2D eigenvalue weighted by Crippen LogP contribution is 2.34. The predicted molar refractivity (Wildman–Crippen MR) is 106 cm³/mol. The largest absolute Gasteiger partial charge is 0.416 e. The van der Waals surface area contributed by atoms with E-state index in [1.165, 1.54) is 19.1 Å². The summed E-state index contributed by atoms with van der Waals surface area (Å²) in [5, 5.41) is 15.9. The van der Waals surface area contributed by atoms with E-state index in [-0.39, 0.29) is 18.8 Å². The number of hydrogen-bond donors (Lipinski definition) is 3. The fraction of sp³-hybridized carbons (Fsp3) is 0.278. The molecular weight excluding hydrogens is 460 g/mol. The van der Waals surface area contributed by atoms with Crippen LogP contribution < -0.4 is 15.4 Å². The van der Waals surface area contributed by atoms with Crippen molar-refractivity contribution in [2.24, 2.45) is 0 Å². The Morgan fingerprint density at radius 2 is 1.81 bits per heavy atom. The van der Waals surface area contributed by atoms with Crippen molar-refractivity contribution < 1.29 is 35.7 Å². The predicted octanol–water partition coefficient (Wildman–Crippen LogP) is 2.65. The van der Waals surface area contributed by atoms with Crippen LogP contribution in [0, 0.1) is 15.9 Å². The first kappa shape index (κ1) is 25.0. The van der Waals surface area contributed by atoms with Gasteiger partial charge in [0.15, 0.2) is 0 Å². The van der Waals surface area contributed by atoms with Gasteiger partial charge < -0.3 is 10.6 Å². The topological polar surface area (TPSA) is 130 Å². The molecule has 9 nitrogen and oxygen atoms in total. The van der Waals surface area contributed by atoms with E-state index in [1.54, 1.807) is 0 Å². The molecule has 2 aromatic carbocycles. The maximum absolute atomic E-state index is 13.7. The van der Waals surface area contributed by atoms with E-state index in [4.69, 9.17) is 0 Å². The summed E-state index contributed by atoms with van der Waals surface area (Å²) in [4.78, 5) is 21.5. The monoisotopic (exact) mass is 478 g/mol. The van der Waals surface area contributed by atoms with E-state index < -0.39 is 55.0 Å². The molecule has 0 aliphatic rings. The lowest BCUT2D eigenvalue weighted by molar-refractivity contribution is -0.384. The van der Waals surface area contributed by atoms with Crippen LogP contribution in [0.2, 0.25) is 0 Å². The molecule has 32 heavy (non-hydrogen) atoms. The summed E-state index contributed by atoms with van der Waals surface area (Å²) in [5.41, 5.74) is -2.17. The quantitative estimate of drug-likeness (QED) is 0.220. The Hall–Kier alpha value is -3.26. The van der Waals surface area contributed by atoms with Gasteiger partial charge in [0.2, 0.25) is 15.9 Å². The first-order valence-corrected chi connectivity index (χ1v) is 10.5. The van der Waals surface area contributed by atoms with Crippen LogP contribution >= 0.6 is 0 Å². The Bertz CT molecular complexity index is 1110. The Morgan fingerprint density at radius 1 is 1.16 bits per heavy atom. The van der Waals surface area contributed by atoms with Crippen LogP contribution in [0.5, 0.6) is 0 Å². The number of nitrogens with one attached hydrogen (secondary N) is 3. The summed E-state index contributed by atoms with van der Waals surface area (Å²) in [7, 11) is -4.31. The number of anilines is 1. The van der Waals surface area contributed by atoms with Crippen molar-refractivity contribution in [1.29, 1.82) is 0 Å². The summed E-state index contributed by atoms with van der Waals surface area (Å²) < 4.78 is 78.3. The summed E-state index contributed by atoms with van der Waals surface area (Å²) >= 11 is 0. The molecule has 0 fully saturated rings. The molecule has 0 aliphatic heterocycles. The first-order valence-electron chi connectivity index (χ1n) is 8.97. The third kappa shape index (κ3) is 6.37. The molecular formula is C18H18F4N4O5S. The van der Waals surface area contributed by atoms with Crippen molar-refractivity contribution in [3.05, 3.63) is 64.0 Å². The maximum atomic E-state index is 13.7. The van der Waals surface area contributed by atoms with Crippen LogP contribution in [-0.4, -0.2) is 38.4 Å². The van der Waals surface area contributed by atoms with Crippen LogP contribution in [0.15, 0.2) is 47.4 Å². The minimum atomic E-state index is -4.75. The zero-order chi connectivity index (χ0) is 24.1. The van der Waals surface area contributed by atoms with Crippen molar-refractivity contribution in [2.45, 2.75) is 24.0 Å². The van der Waals surface area contributed by atoms with Gasteiger partial charge in [-0.15, -0.1) is 0 Å². The summed E-state index contributed by atoms with van der Waals surface area (Å²) in [6.45, 7) is 0.982. The molecule has 0 unspecified atom stereocenters. The normalized spacial score (nSPS) is 12.8. The van der Waals surface area contributed by atoms with Crippen molar-refractivity contribution in [2.75, 3.05) is 18.4 Å². The lowest BCUT2D eigenvalue weighted by Gasteiger charge is -2.15. The molecule has 2 rings (SSSR count). The van der Waals surface area contributed by atoms with Crippen LogP contribution in [0.3, 0.4) is 0 Å². The Morgan fingerprint density at radius 3 is 2.41 bits per heavy atom. The number of halogens is 4. The van der Waals surface area contributed by atoms with Crippen molar-refractivity contribution in [3.63, 3.8) is 0 Å². The Labute approximate surface area is 180 Å². The van der Waals surface area contributed by atoms with Crippen LogP contribution in [-0.2, 0) is 21.0 Å². The van der Waals surface area contributed by atoms with Crippen LogP contribution in [0.4, 0.5) is 28.9 Å². The van der Waals surface area contributed by atoms with Gasteiger partial charge in [0.1, 0.15) is 16.4 Å². The van der Waals surface area contributed by atoms with Gasteiger partial charge in [0.25, 0.3) is 5.69 Å². The number of nitrogens with zero attached hydrogens (tertiary/aromatic N) is 1. The Kier molecular flexibility index (Phi) is 7.74. The molecule has 0 radical (unpaired) electrons. The van der Waals surface area contributed by atoms with Crippen LogP contribution in [0.25, 0.3) is 0 Å². The highest BCUT2D eigenvalue weighted by Gasteiger charge is 2.33. The second-order valence-electron chi connectivity index (χ2n) is 6.48. The fourth-order valence-corrected chi connectivity index (χ4v) is 3.84. The second-order valence-corrected chi connectivity index (χ2v) is 8.16. The molecule has 2 aromatic rings. The molecule has 174 valence electrons. The molecule has 0 saturated heterocycles. The fourth-order valence-electron chi connectivity index (χ4n) is 2.56. The number of alkyl halides is 3. The molecule has 3 N–H and O–H groups in total. The van der Waals surface area contributed by atoms with Gasteiger partial charge >= 0.3 is 6.18 Å². The number of amides is 1. The lowest BCUT2D eigenvalue weighted by Crippen LogP contribution is -2.45. The number of carbonyl (C=O) groups excluding carboxylic acids is 1. The number of carbonyl (C=O) groups is 1. The molecule has 0 aliphatic carbocycles. The van der Waals surface area contributed by atoms with E-state index in [9.17, 15) is 40.9 Å². The summed E-state index contributed by atoms with van der Waals surface area (Å²) in [6, 6.07) is 5.28. The van der Waals surface area contributed by atoms with Gasteiger partial charge in [-0.05, 0) is 31.2 Å². The molecule has 0 bridgehead atoms. The van der Waals surface area contributed by atoms with Gasteiger partial charge in [-0.25, -0.2) is 12.8 Å². The number of rotatable bonds is 9. The second kappa shape index (κ2) is 9.91. The molecule has 1 atom stereocenters. The molecule has 1 amide bonds. The smallest absolute Gasteiger partial charge is 0.378 e. The van der Waals surface area contributed by atoms with Gasteiger partial charge in [-0.3, -0.25) is 14.9 Å². The number of benzene rings is 2. The third-order valence-electron chi connectivity index (χ3n) is 4.11. The third-order valence-corrected chi connectivity index (χ3v) is 5.69. The molecule has 14 heteroatoms.